The Balaban J connectivity index is 1.27. The van der Waals surface area contributed by atoms with Crippen molar-refractivity contribution in [3.05, 3.63) is 0 Å². The van der Waals surface area contributed by atoms with Crippen LogP contribution in [-0.2, 0) is 19.1 Å². The second-order valence-electron chi connectivity index (χ2n) is 12.2. The standard InChI is InChI=1S/C25H38O4/c1-6-23(2,3)22(27)28-13-21(26)29-24(4,5)25-10-18-15-7-14-8-16(18)20(12-25)17(9-14)19(15)11-25/h14-20H,6-13H2,1-5H3. The van der Waals surface area contributed by atoms with Gasteiger partial charge in [-0.15, -0.1) is 0 Å². The first-order valence-corrected chi connectivity index (χ1v) is 12.0. The molecule has 7 aliphatic carbocycles. The third kappa shape index (κ3) is 2.76. The van der Waals surface area contributed by atoms with Gasteiger partial charge in [0.15, 0.2) is 6.61 Å². The molecule has 7 saturated carbocycles. The molecule has 0 aliphatic heterocycles. The van der Waals surface area contributed by atoms with Crippen molar-refractivity contribution in [2.75, 3.05) is 6.61 Å². The van der Waals surface area contributed by atoms with Gasteiger partial charge in [-0.3, -0.25) is 4.79 Å². The van der Waals surface area contributed by atoms with Crippen LogP contribution in [0.3, 0.4) is 0 Å². The predicted octanol–water partition coefficient (Wildman–Crippen LogP) is 5.00. The van der Waals surface area contributed by atoms with Crippen LogP contribution in [0.25, 0.3) is 0 Å². The molecule has 0 unspecified atom stereocenters. The molecule has 0 atom stereocenters. The topological polar surface area (TPSA) is 52.6 Å². The Bertz CT molecular complexity index is 660. The van der Waals surface area contributed by atoms with E-state index in [2.05, 4.69) is 13.8 Å². The van der Waals surface area contributed by atoms with Crippen LogP contribution in [0.5, 0.6) is 0 Å². The Morgan fingerprint density at radius 1 is 0.862 bits per heavy atom. The number of carbonyl (C=O) groups excluding carboxylic acids is 2. The highest BCUT2D eigenvalue weighted by Crippen LogP contribution is 2.76. The maximum atomic E-state index is 12.6. The monoisotopic (exact) mass is 402 g/mol. The molecule has 0 spiro atoms. The molecule has 162 valence electrons. The molecule has 0 heterocycles. The molecule has 0 aromatic rings. The summed E-state index contributed by atoms with van der Waals surface area (Å²) in [7, 11) is 0. The van der Waals surface area contributed by atoms with Crippen molar-refractivity contribution < 1.29 is 19.1 Å². The minimum Gasteiger partial charge on any atom is -0.457 e. The molecule has 0 amide bonds. The van der Waals surface area contributed by atoms with Crippen molar-refractivity contribution in [2.24, 2.45) is 52.3 Å². The number of esters is 2. The SMILES string of the molecule is CCC(C)(C)C(=O)OCC(=O)OC(C)(C)C12CC3C4CC5CC3C(C1)C(C5)C4C2. The minimum atomic E-state index is -0.561. The van der Waals surface area contributed by atoms with Gasteiger partial charge in [0.25, 0.3) is 0 Å². The first kappa shape index (κ1) is 19.9. The van der Waals surface area contributed by atoms with Crippen LogP contribution >= 0.6 is 0 Å². The van der Waals surface area contributed by atoms with Crippen molar-refractivity contribution in [1.29, 1.82) is 0 Å². The van der Waals surface area contributed by atoms with Crippen LogP contribution in [0.15, 0.2) is 0 Å². The summed E-state index contributed by atoms with van der Waals surface area (Å²) in [6.45, 7) is 9.62. The summed E-state index contributed by atoms with van der Waals surface area (Å²) in [6.07, 6.45) is 8.79. The van der Waals surface area contributed by atoms with E-state index in [-0.39, 0.29) is 18.0 Å². The Labute approximate surface area is 175 Å². The van der Waals surface area contributed by atoms with Gasteiger partial charge in [0.1, 0.15) is 5.60 Å². The second-order valence-corrected chi connectivity index (χ2v) is 12.2. The number of hydrogen-bond acceptors (Lipinski definition) is 4. The Morgan fingerprint density at radius 2 is 1.34 bits per heavy atom. The van der Waals surface area contributed by atoms with Crippen LogP contribution in [0.2, 0.25) is 0 Å². The zero-order valence-corrected chi connectivity index (χ0v) is 18.8. The highest BCUT2D eigenvalue weighted by molar-refractivity contribution is 5.80. The van der Waals surface area contributed by atoms with E-state index in [0.717, 1.165) is 41.4 Å². The lowest BCUT2D eigenvalue weighted by atomic mass is 9.31. The average Bonchev–Trinajstić information content (AvgIpc) is 2.68. The summed E-state index contributed by atoms with van der Waals surface area (Å²) < 4.78 is 11.4. The fraction of sp³-hybridized carbons (Fsp3) is 0.920. The summed E-state index contributed by atoms with van der Waals surface area (Å²) in [6, 6.07) is 0. The molecule has 0 saturated heterocycles. The van der Waals surface area contributed by atoms with E-state index in [1.807, 2.05) is 20.8 Å². The normalized spacial score (nSPS) is 44.2. The lowest BCUT2D eigenvalue weighted by Gasteiger charge is -2.74. The van der Waals surface area contributed by atoms with E-state index in [1.54, 1.807) is 0 Å². The molecule has 0 N–H and O–H groups in total. The maximum absolute atomic E-state index is 12.6. The number of ether oxygens (including phenoxy) is 2. The smallest absolute Gasteiger partial charge is 0.344 e. The summed E-state index contributed by atoms with van der Waals surface area (Å²) in [4.78, 5) is 24.9. The number of rotatable bonds is 6. The van der Waals surface area contributed by atoms with E-state index in [1.165, 1.54) is 38.5 Å². The largest absolute Gasteiger partial charge is 0.457 e. The highest BCUT2D eigenvalue weighted by atomic mass is 16.6. The fourth-order valence-electron chi connectivity index (χ4n) is 8.53. The molecule has 0 aromatic carbocycles. The van der Waals surface area contributed by atoms with Crippen LogP contribution < -0.4 is 0 Å². The molecular formula is C25H38O4. The van der Waals surface area contributed by atoms with Crippen LogP contribution in [0.4, 0.5) is 0 Å². The second kappa shape index (κ2) is 6.23. The van der Waals surface area contributed by atoms with E-state index < -0.39 is 17.0 Å². The van der Waals surface area contributed by atoms with Gasteiger partial charge in [-0.25, -0.2) is 4.79 Å². The Kier molecular flexibility index (Phi) is 4.27. The van der Waals surface area contributed by atoms with Gasteiger partial charge < -0.3 is 9.47 Å². The molecular weight excluding hydrogens is 364 g/mol. The summed E-state index contributed by atoms with van der Waals surface area (Å²) in [5, 5.41) is 0. The van der Waals surface area contributed by atoms with Gasteiger partial charge in [0.2, 0.25) is 0 Å². The molecule has 4 nitrogen and oxygen atoms in total. The molecule has 0 radical (unpaired) electrons. The molecule has 7 fully saturated rings. The summed E-state index contributed by atoms with van der Waals surface area (Å²) in [5.41, 5.74) is -0.943. The summed E-state index contributed by atoms with van der Waals surface area (Å²) in [5.74, 6) is 5.73. The quantitative estimate of drug-likeness (QED) is 0.587. The Morgan fingerprint density at radius 3 is 1.79 bits per heavy atom. The van der Waals surface area contributed by atoms with Gasteiger partial charge in [-0.2, -0.15) is 0 Å². The zero-order chi connectivity index (χ0) is 20.8. The van der Waals surface area contributed by atoms with Crippen molar-refractivity contribution in [3.63, 3.8) is 0 Å². The third-order valence-electron chi connectivity index (χ3n) is 10.4. The average molecular weight is 403 g/mol. The van der Waals surface area contributed by atoms with Gasteiger partial charge >= 0.3 is 11.9 Å². The van der Waals surface area contributed by atoms with Gasteiger partial charge in [0, 0.05) is 5.41 Å². The Hall–Kier alpha value is -1.06. The summed E-state index contributed by atoms with van der Waals surface area (Å²) >= 11 is 0. The molecule has 8 bridgehead atoms. The van der Waals surface area contributed by atoms with E-state index in [0.29, 0.717) is 6.42 Å². The van der Waals surface area contributed by atoms with E-state index in [4.69, 9.17) is 9.47 Å². The zero-order valence-electron chi connectivity index (χ0n) is 18.8. The van der Waals surface area contributed by atoms with Crippen LogP contribution in [0.1, 0.15) is 79.6 Å². The predicted molar refractivity (Wildman–Crippen MR) is 110 cm³/mol. The van der Waals surface area contributed by atoms with Crippen molar-refractivity contribution in [1.82, 2.24) is 0 Å². The lowest BCUT2D eigenvalue weighted by Crippen LogP contribution is -2.69. The van der Waals surface area contributed by atoms with Gasteiger partial charge in [0.05, 0.1) is 5.41 Å². The molecule has 0 aromatic heterocycles. The molecule has 7 aliphatic rings. The minimum absolute atomic E-state index is 0.114. The van der Waals surface area contributed by atoms with E-state index in [9.17, 15) is 9.59 Å². The van der Waals surface area contributed by atoms with Crippen molar-refractivity contribution in [2.45, 2.75) is 85.2 Å². The fourth-order valence-corrected chi connectivity index (χ4v) is 8.53. The third-order valence-corrected chi connectivity index (χ3v) is 10.4. The van der Waals surface area contributed by atoms with Crippen molar-refractivity contribution in [3.8, 4) is 0 Å². The van der Waals surface area contributed by atoms with Crippen LogP contribution in [-0.4, -0.2) is 24.1 Å². The van der Waals surface area contributed by atoms with Crippen LogP contribution in [0, 0.1) is 52.3 Å². The molecule has 29 heavy (non-hydrogen) atoms. The highest BCUT2D eigenvalue weighted by Gasteiger charge is 2.70. The number of carbonyl (C=O) groups is 2. The lowest BCUT2D eigenvalue weighted by molar-refractivity contribution is -0.273. The molecule has 4 heteroatoms. The molecule has 7 rings (SSSR count). The number of hydrogen-bond donors (Lipinski definition) is 0. The van der Waals surface area contributed by atoms with Gasteiger partial charge in [-0.05, 0) is 114 Å². The van der Waals surface area contributed by atoms with Gasteiger partial charge in [-0.1, -0.05) is 6.92 Å². The van der Waals surface area contributed by atoms with Crippen molar-refractivity contribution >= 4 is 11.9 Å². The van der Waals surface area contributed by atoms with E-state index >= 15 is 0 Å². The first-order chi connectivity index (χ1) is 13.6. The first-order valence-electron chi connectivity index (χ1n) is 12.0. The maximum Gasteiger partial charge on any atom is 0.344 e.